The summed E-state index contributed by atoms with van der Waals surface area (Å²) in [6.07, 6.45) is 5.27. The Morgan fingerprint density at radius 2 is 1.69 bits per heavy atom. The van der Waals surface area contributed by atoms with Gasteiger partial charge >= 0.3 is 5.97 Å². The zero-order valence-electron chi connectivity index (χ0n) is 23.8. The number of hydrogen-bond donors (Lipinski definition) is 3. The monoisotopic (exact) mass is 612 g/mol. The summed E-state index contributed by atoms with van der Waals surface area (Å²) < 4.78 is 16.1. The van der Waals surface area contributed by atoms with E-state index >= 15 is 4.39 Å². The zero-order chi connectivity index (χ0) is 29.9. The van der Waals surface area contributed by atoms with E-state index in [9.17, 15) is 19.5 Å². The van der Waals surface area contributed by atoms with Crippen molar-refractivity contribution in [2.45, 2.75) is 94.5 Å². The van der Waals surface area contributed by atoms with Gasteiger partial charge in [0.15, 0.2) is 5.78 Å². The number of rotatable bonds is 5. The molecule has 5 fully saturated rings. The molecule has 4 saturated carbocycles. The standard InChI is InChI=1S/C33H35Cl2FN2O4/c1-29(2)16-32(17-29)33(20-7-6-18(34)14-22(20)37-27(33)40)24(19-4-3-5-21(35)25(19)36)26(38-32)23(39)15-30-8-11-31(12-9-30,13-10-30)28(41)42/h3-7,14,24,26,38H,8-13,15-17H2,1-2H3,(H,37,40)(H,41,42)/t24-,26-,30?,31?,33+/m0/s1. The summed E-state index contributed by atoms with van der Waals surface area (Å²) in [7, 11) is 0. The lowest BCUT2D eigenvalue weighted by Gasteiger charge is -2.58. The fourth-order valence-corrected chi connectivity index (χ4v) is 10.2. The van der Waals surface area contributed by atoms with Gasteiger partial charge in [-0.2, -0.15) is 0 Å². The Morgan fingerprint density at radius 3 is 2.31 bits per heavy atom. The van der Waals surface area contributed by atoms with E-state index in [4.69, 9.17) is 23.2 Å². The van der Waals surface area contributed by atoms with Crippen LogP contribution in [0.1, 0.15) is 88.7 Å². The minimum atomic E-state index is -1.26. The molecule has 2 heterocycles. The first-order chi connectivity index (χ1) is 19.8. The number of anilines is 1. The second-order valence-corrected chi connectivity index (χ2v) is 15.4. The third-order valence-corrected chi connectivity index (χ3v) is 12.2. The van der Waals surface area contributed by atoms with E-state index in [0.717, 1.165) is 5.56 Å². The summed E-state index contributed by atoms with van der Waals surface area (Å²) in [5.41, 5.74) is -1.53. The number of carbonyl (C=O) groups excluding carboxylic acids is 2. The Labute approximate surface area is 254 Å². The Hall–Kier alpha value is -2.48. The highest BCUT2D eigenvalue weighted by molar-refractivity contribution is 6.31. The van der Waals surface area contributed by atoms with Crippen LogP contribution in [-0.4, -0.2) is 34.3 Å². The zero-order valence-corrected chi connectivity index (χ0v) is 25.3. The van der Waals surface area contributed by atoms with E-state index < -0.39 is 40.1 Å². The molecule has 2 aliphatic heterocycles. The molecule has 6 aliphatic rings. The first kappa shape index (κ1) is 28.3. The third-order valence-electron chi connectivity index (χ3n) is 11.6. The van der Waals surface area contributed by atoms with Crippen molar-refractivity contribution in [3.05, 3.63) is 63.4 Å². The van der Waals surface area contributed by atoms with Gasteiger partial charge < -0.3 is 10.4 Å². The third kappa shape index (κ3) is 3.69. The number of hydrogen-bond acceptors (Lipinski definition) is 4. The minimum absolute atomic E-state index is 0.0540. The molecule has 6 nitrogen and oxygen atoms in total. The van der Waals surface area contributed by atoms with Gasteiger partial charge in [0.05, 0.1) is 16.5 Å². The predicted molar refractivity (Wildman–Crippen MR) is 158 cm³/mol. The maximum atomic E-state index is 16.1. The van der Waals surface area contributed by atoms with Crippen LogP contribution in [0.3, 0.4) is 0 Å². The van der Waals surface area contributed by atoms with Gasteiger partial charge in [-0.25, -0.2) is 4.39 Å². The molecule has 4 aliphatic carbocycles. The van der Waals surface area contributed by atoms with Crippen LogP contribution >= 0.6 is 23.2 Å². The quantitative estimate of drug-likeness (QED) is 0.337. The van der Waals surface area contributed by atoms with Gasteiger partial charge in [0.25, 0.3) is 0 Å². The number of ketones is 1. The fourth-order valence-electron chi connectivity index (χ4n) is 9.87. The molecule has 2 spiro atoms. The van der Waals surface area contributed by atoms with Gasteiger partial charge in [-0.15, -0.1) is 0 Å². The largest absolute Gasteiger partial charge is 0.481 e. The van der Waals surface area contributed by atoms with E-state index in [1.807, 2.05) is 6.07 Å². The lowest BCUT2D eigenvalue weighted by molar-refractivity contribution is -0.159. The molecule has 222 valence electrons. The number of benzene rings is 2. The van der Waals surface area contributed by atoms with E-state index in [1.54, 1.807) is 24.3 Å². The van der Waals surface area contributed by atoms with Gasteiger partial charge in [-0.1, -0.05) is 55.2 Å². The Kier molecular flexibility index (Phi) is 6.08. The number of carboxylic acids is 1. The second-order valence-electron chi connectivity index (χ2n) is 14.5. The summed E-state index contributed by atoms with van der Waals surface area (Å²) in [5.74, 6) is -2.52. The highest BCUT2D eigenvalue weighted by Gasteiger charge is 2.76. The molecule has 3 atom stereocenters. The number of halogens is 3. The van der Waals surface area contributed by atoms with Crippen molar-refractivity contribution in [3.8, 4) is 0 Å². The first-order valence-corrected chi connectivity index (χ1v) is 15.6. The molecule has 8 rings (SSSR count). The molecule has 0 aromatic heterocycles. The Morgan fingerprint density at radius 1 is 1.02 bits per heavy atom. The van der Waals surface area contributed by atoms with Crippen molar-refractivity contribution in [3.63, 3.8) is 0 Å². The summed E-state index contributed by atoms with van der Waals surface area (Å²) in [4.78, 5) is 41.1. The van der Waals surface area contributed by atoms with Crippen molar-refractivity contribution in [1.82, 2.24) is 5.32 Å². The van der Waals surface area contributed by atoms with Crippen LogP contribution in [-0.2, 0) is 19.8 Å². The highest BCUT2D eigenvalue weighted by Crippen LogP contribution is 2.69. The normalized spacial score (nSPS) is 35.2. The minimum Gasteiger partial charge on any atom is -0.481 e. The van der Waals surface area contributed by atoms with Crippen LogP contribution < -0.4 is 10.6 Å². The molecule has 2 aromatic carbocycles. The van der Waals surface area contributed by atoms with Crippen LogP contribution in [0.5, 0.6) is 0 Å². The van der Waals surface area contributed by atoms with Gasteiger partial charge in [0, 0.05) is 28.6 Å². The topological polar surface area (TPSA) is 95.5 Å². The van der Waals surface area contributed by atoms with Crippen LogP contribution in [0.25, 0.3) is 0 Å². The van der Waals surface area contributed by atoms with Gasteiger partial charge in [-0.3, -0.25) is 19.7 Å². The Bertz CT molecular complexity index is 1520. The average Bonchev–Trinajstić information content (AvgIpc) is 3.38. The van der Waals surface area contributed by atoms with Crippen LogP contribution in [0.2, 0.25) is 10.0 Å². The summed E-state index contributed by atoms with van der Waals surface area (Å²) in [6.45, 7) is 4.29. The first-order valence-electron chi connectivity index (χ1n) is 14.9. The number of carboxylic acid groups (broad SMARTS) is 1. The molecular formula is C33H35Cl2FN2O4. The second kappa shape index (κ2) is 9.02. The molecule has 0 unspecified atom stereocenters. The number of nitrogens with one attached hydrogen (secondary N) is 2. The Balaban J connectivity index is 1.36. The lowest BCUT2D eigenvalue weighted by Crippen LogP contribution is -2.68. The van der Waals surface area contributed by atoms with Crippen LogP contribution in [0, 0.1) is 22.1 Å². The van der Waals surface area contributed by atoms with Gasteiger partial charge in [0.1, 0.15) is 11.2 Å². The number of Topliss-reactive ketones (excluding diaryl/α,β-unsaturated/α-hetero) is 1. The highest BCUT2D eigenvalue weighted by atomic mass is 35.5. The summed E-state index contributed by atoms with van der Waals surface area (Å²) in [5, 5.41) is 17.0. The summed E-state index contributed by atoms with van der Waals surface area (Å²) >= 11 is 12.7. The SMILES string of the molecule is CC1(C)CC2(C1)N[C@@H](C(=O)CC13CCC(C(=O)O)(CC1)CC3)[C@H](c1cccc(Cl)c1F)[C@]21C(=O)Nc2cc(Cl)ccc21. The molecule has 2 bridgehead atoms. The van der Waals surface area contributed by atoms with Crippen molar-refractivity contribution in [1.29, 1.82) is 0 Å². The fraction of sp³-hybridized carbons (Fsp3) is 0.545. The molecular weight excluding hydrogens is 578 g/mol. The average molecular weight is 614 g/mol. The van der Waals surface area contributed by atoms with Crippen molar-refractivity contribution in [2.24, 2.45) is 16.2 Å². The van der Waals surface area contributed by atoms with Crippen molar-refractivity contribution < 1.29 is 23.9 Å². The molecule has 1 saturated heterocycles. The van der Waals surface area contributed by atoms with Crippen molar-refractivity contribution >= 4 is 46.5 Å². The number of fused-ring (bicyclic) bond motifs is 6. The lowest BCUT2D eigenvalue weighted by atomic mass is 9.46. The molecule has 0 radical (unpaired) electrons. The van der Waals surface area contributed by atoms with E-state index in [1.165, 1.54) is 6.07 Å². The van der Waals surface area contributed by atoms with Gasteiger partial charge in [0.2, 0.25) is 5.91 Å². The smallest absolute Gasteiger partial charge is 0.309 e. The molecule has 2 aromatic rings. The molecule has 3 N–H and O–H groups in total. The predicted octanol–water partition coefficient (Wildman–Crippen LogP) is 7.02. The van der Waals surface area contributed by atoms with E-state index in [0.29, 0.717) is 62.1 Å². The maximum absolute atomic E-state index is 16.1. The molecule has 42 heavy (non-hydrogen) atoms. The van der Waals surface area contributed by atoms with Crippen LogP contribution in [0.15, 0.2) is 36.4 Å². The van der Waals surface area contributed by atoms with E-state index in [2.05, 4.69) is 24.5 Å². The number of carbonyl (C=O) groups is 3. The maximum Gasteiger partial charge on any atom is 0.309 e. The number of amides is 1. The van der Waals surface area contributed by atoms with E-state index in [-0.39, 0.29) is 39.5 Å². The van der Waals surface area contributed by atoms with Crippen LogP contribution in [0.4, 0.5) is 10.1 Å². The number of aliphatic carboxylic acids is 1. The van der Waals surface area contributed by atoms with Crippen molar-refractivity contribution in [2.75, 3.05) is 5.32 Å². The molecule has 9 heteroatoms. The van der Waals surface area contributed by atoms with Gasteiger partial charge in [-0.05, 0) is 91.5 Å². The molecule has 1 amide bonds. The summed E-state index contributed by atoms with van der Waals surface area (Å²) in [6, 6.07) is 9.29.